The van der Waals surface area contributed by atoms with Gasteiger partial charge in [0.1, 0.15) is 5.60 Å². The molecule has 123 valence electrons. The van der Waals surface area contributed by atoms with Crippen molar-refractivity contribution in [3.63, 3.8) is 0 Å². The molecule has 1 aliphatic heterocycles. The molecule has 0 atom stereocenters. The minimum absolute atomic E-state index is 0. The quantitative estimate of drug-likeness (QED) is 0.412. The average Bonchev–Trinajstić information content (AvgIpc) is 2.35. The van der Waals surface area contributed by atoms with E-state index in [0.717, 1.165) is 11.9 Å². The summed E-state index contributed by atoms with van der Waals surface area (Å²) in [5.41, 5.74) is 0.418. The Morgan fingerprint density at radius 3 is 2.27 bits per heavy atom. The van der Waals surface area contributed by atoms with Gasteiger partial charge in [-0.15, -0.1) is 0 Å². The molecule has 1 amide bonds. The molecule has 0 bridgehead atoms. The predicted molar refractivity (Wildman–Crippen MR) is 86.0 cm³/mol. The van der Waals surface area contributed by atoms with Crippen LogP contribution < -0.4 is 0 Å². The Kier molecular flexibility index (Phi) is 8.84. The van der Waals surface area contributed by atoms with Gasteiger partial charge in [0.15, 0.2) is 0 Å². The summed E-state index contributed by atoms with van der Waals surface area (Å²) in [6.07, 6.45) is 2.56. The van der Waals surface area contributed by atoms with Crippen LogP contribution in [0.4, 0.5) is 4.79 Å². The number of hydrogen-bond acceptors (Lipinski definition) is 3. The van der Waals surface area contributed by atoms with Gasteiger partial charge in [-0.25, -0.2) is 4.79 Å². The third-order valence-corrected chi connectivity index (χ3v) is 3.61. The Labute approximate surface area is 160 Å². The SMILES string of the molecule is C[C-](C)C(C)(C)O[B]C1=CCN(C(=O)OC(C)(C)C)CC1.[U]. The van der Waals surface area contributed by atoms with Gasteiger partial charge >= 0.3 is 13.6 Å². The molecule has 1 rings (SSSR count). The number of nitrogens with zero attached hydrogens (tertiary/aromatic N) is 1. The number of ether oxygens (including phenoxy) is 1. The largest absolute Gasteiger partial charge is 0.460 e. The van der Waals surface area contributed by atoms with Crippen molar-refractivity contribution in [3.05, 3.63) is 17.5 Å². The summed E-state index contributed by atoms with van der Waals surface area (Å²) in [5, 5.41) is 0. The summed E-state index contributed by atoms with van der Waals surface area (Å²) in [4.78, 5) is 13.7. The van der Waals surface area contributed by atoms with E-state index in [9.17, 15) is 4.79 Å². The van der Waals surface area contributed by atoms with E-state index in [1.807, 2.05) is 34.3 Å². The van der Waals surface area contributed by atoms with Gasteiger partial charge in [0.2, 0.25) is 0 Å². The first kappa shape index (κ1) is 22.1. The Hall–Kier alpha value is 0.0869. The van der Waals surface area contributed by atoms with E-state index in [2.05, 4.69) is 27.7 Å². The van der Waals surface area contributed by atoms with Crippen molar-refractivity contribution in [1.29, 1.82) is 0 Å². The summed E-state index contributed by atoms with van der Waals surface area (Å²) in [7, 11) is 1.82. The minimum atomic E-state index is -0.450. The fraction of sp³-hybridized carbons (Fsp3) is 0.750. The van der Waals surface area contributed by atoms with E-state index in [1.165, 1.54) is 5.92 Å². The number of hydrogen-bond donors (Lipinski definition) is 0. The fourth-order valence-corrected chi connectivity index (χ4v) is 1.63. The third-order valence-electron chi connectivity index (χ3n) is 3.61. The first-order valence-corrected chi connectivity index (χ1v) is 7.50. The van der Waals surface area contributed by atoms with E-state index in [1.54, 1.807) is 4.90 Å². The molecule has 1 radical (unpaired) electrons. The minimum Gasteiger partial charge on any atom is -0.460 e. The van der Waals surface area contributed by atoms with Crippen molar-refractivity contribution in [1.82, 2.24) is 4.90 Å². The molecule has 1 aliphatic rings. The van der Waals surface area contributed by atoms with Crippen molar-refractivity contribution < 1.29 is 45.3 Å². The maximum Gasteiger partial charge on any atom is 0.410 e. The Balaban J connectivity index is 0.00000441. The Morgan fingerprint density at radius 2 is 1.86 bits per heavy atom. The first-order valence-electron chi connectivity index (χ1n) is 7.50. The van der Waals surface area contributed by atoms with Gasteiger partial charge in [-0.3, -0.25) is 5.92 Å². The molecule has 0 saturated carbocycles. The topological polar surface area (TPSA) is 38.8 Å². The third kappa shape index (κ3) is 7.57. The van der Waals surface area contributed by atoms with Crippen LogP contribution in [-0.4, -0.2) is 42.8 Å². The van der Waals surface area contributed by atoms with E-state index >= 15 is 0 Å². The summed E-state index contributed by atoms with van der Waals surface area (Å²) in [5.74, 6) is 1.23. The Morgan fingerprint density at radius 1 is 1.27 bits per heavy atom. The zero-order valence-corrected chi connectivity index (χ0v) is 19.1. The molecule has 0 saturated heterocycles. The van der Waals surface area contributed by atoms with Crippen molar-refractivity contribution in [2.24, 2.45) is 0 Å². The van der Waals surface area contributed by atoms with Crippen LogP contribution >= 0.6 is 0 Å². The van der Waals surface area contributed by atoms with Gasteiger partial charge in [-0.05, 0) is 27.2 Å². The van der Waals surface area contributed by atoms with E-state index in [4.69, 9.17) is 9.39 Å². The summed E-state index contributed by atoms with van der Waals surface area (Å²) in [6.45, 7) is 15.1. The summed E-state index contributed by atoms with van der Waals surface area (Å²) >= 11 is 0. The second-order valence-electron chi connectivity index (χ2n) is 7.20. The van der Waals surface area contributed by atoms with E-state index < -0.39 is 5.60 Å². The Bertz CT molecular complexity index is 403. The average molecular weight is 531 g/mol. The van der Waals surface area contributed by atoms with Crippen molar-refractivity contribution in [3.8, 4) is 0 Å². The molecule has 0 aliphatic carbocycles. The normalized spacial score (nSPS) is 16.0. The first-order chi connectivity index (χ1) is 9.51. The fourth-order valence-electron chi connectivity index (χ4n) is 1.63. The maximum absolute atomic E-state index is 12.0. The summed E-state index contributed by atoms with van der Waals surface area (Å²) < 4.78 is 11.2. The maximum atomic E-state index is 12.0. The molecule has 0 aromatic heterocycles. The predicted octanol–water partition coefficient (Wildman–Crippen LogP) is 3.54. The summed E-state index contributed by atoms with van der Waals surface area (Å²) in [6, 6.07) is 0. The standard InChI is InChI=1S/C16H28BNO3.U/c1-12(2)16(6,7)21-17-13-8-10-18(11-9-13)14(19)20-15(3,4)5;/h8H,9-11H2,1-7H3;/q-1;. The number of amides is 1. The zero-order chi connectivity index (χ0) is 16.3. The number of rotatable bonds is 4. The second-order valence-corrected chi connectivity index (χ2v) is 7.20. The van der Waals surface area contributed by atoms with Crippen molar-refractivity contribution in [2.45, 2.75) is 66.1 Å². The van der Waals surface area contributed by atoms with Crippen LogP contribution in [0.25, 0.3) is 0 Å². The van der Waals surface area contributed by atoms with Crippen LogP contribution in [0.3, 0.4) is 0 Å². The second kappa shape index (κ2) is 8.80. The monoisotopic (exact) mass is 531 g/mol. The van der Waals surface area contributed by atoms with Crippen LogP contribution in [-0.2, 0) is 9.39 Å². The molecule has 0 fully saturated rings. The van der Waals surface area contributed by atoms with Gasteiger partial charge in [0, 0.05) is 44.2 Å². The number of carbonyl (C=O) groups is 1. The van der Waals surface area contributed by atoms with Crippen molar-refractivity contribution >= 4 is 13.6 Å². The molecule has 6 heteroatoms. The molecule has 0 aromatic rings. The molecule has 0 N–H and O–H groups in total. The van der Waals surface area contributed by atoms with Gasteiger partial charge in [0.25, 0.3) is 0 Å². The smallest absolute Gasteiger partial charge is 0.410 e. The molecular formula is C16H28BNO3U-. The van der Waals surface area contributed by atoms with Crippen LogP contribution in [0.2, 0.25) is 0 Å². The molecule has 0 unspecified atom stereocenters. The van der Waals surface area contributed by atoms with E-state index in [0.29, 0.717) is 13.1 Å². The van der Waals surface area contributed by atoms with Gasteiger partial charge in [-0.2, -0.15) is 13.8 Å². The van der Waals surface area contributed by atoms with Gasteiger partial charge in [0.05, 0.1) is 0 Å². The van der Waals surface area contributed by atoms with Crippen LogP contribution in [0.5, 0.6) is 0 Å². The van der Waals surface area contributed by atoms with Crippen LogP contribution in [0.1, 0.15) is 54.9 Å². The molecule has 0 aromatic carbocycles. The number of carbonyl (C=O) groups excluding carboxylic acids is 1. The van der Waals surface area contributed by atoms with E-state index in [-0.39, 0.29) is 42.8 Å². The van der Waals surface area contributed by atoms with Crippen LogP contribution in [0.15, 0.2) is 11.5 Å². The molecule has 1 heterocycles. The zero-order valence-electron chi connectivity index (χ0n) is 14.9. The van der Waals surface area contributed by atoms with Crippen LogP contribution in [0, 0.1) is 37.0 Å². The molecule has 4 nitrogen and oxygen atoms in total. The van der Waals surface area contributed by atoms with Gasteiger partial charge < -0.3 is 14.3 Å². The molecule has 22 heavy (non-hydrogen) atoms. The molecular weight excluding hydrogens is 503 g/mol. The van der Waals surface area contributed by atoms with Crippen molar-refractivity contribution in [2.75, 3.05) is 13.1 Å². The van der Waals surface area contributed by atoms with Gasteiger partial charge in [-0.1, -0.05) is 31.0 Å². The molecule has 0 spiro atoms.